The molecule has 0 amide bonds. The van der Waals surface area contributed by atoms with E-state index in [9.17, 15) is 9.90 Å². The Balaban J connectivity index is 1.66. The fourth-order valence-corrected chi connectivity index (χ4v) is 8.84. The van der Waals surface area contributed by atoms with Gasteiger partial charge in [0.2, 0.25) is 0 Å². The number of rotatable bonds is 2. The second kappa shape index (κ2) is 5.32. The normalized spacial score (nSPS) is 40.3. The van der Waals surface area contributed by atoms with Crippen LogP contribution < -0.4 is 0 Å². The van der Waals surface area contributed by atoms with Crippen molar-refractivity contribution in [2.24, 2.45) is 17.3 Å². The van der Waals surface area contributed by atoms with E-state index in [2.05, 4.69) is 81.4 Å². The van der Waals surface area contributed by atoms with Gasteiger partial charge in [-0.2, -0.15) is 0 Å². The third-order valence-corrected chi connectivity index (χ3v) is 9.79. The third kappa shape index (κ3) is 1.49. The van der Waals surface area contributed by atoms with Crippen LogP contribution in [0.4, 0.5) is 0 Å². The van der Waals surface area contributed by atoms with Gasteiger partial charge in [0.05, 0.1) is 5.92 Å². The van der Waals surface area contributed by atoms with Gasteiger partial charge in [0.1, 0.15) is 11.4 Å². The van der Waals surface area contributed by atoms with Gasteiger partial charge in [-0.05, 0) is 34.8 Å². The van der Waals surface area contributed by atoms with Crippen LogP contribution >= 0.6 is 0 Å². The highest BCUT2D eigenvalue weighted by molar-refractivity contribution is 6.07. The van der Waals surface area contributed by atoms with Crippen molar-refractivity contribution in [3.63, 3.8) is 0 Å². The molecule has 0 spiro atoms. The number of allylic oxidation sites excluding steroid dienone is 1. The number of aliphatic hydroxyl groups is 1. The summed E-state index contributed by atoms with van der Waals surface area (Å²) >= 11 is 0. The molecule has 158 valence electrons. The lowest BCUT2D eigenvalue weighted by molar-refractivity contribution is -0.139. The van der Waals surface area contributed by atoms with Crippen LogP contribution in [-0.4, -0.2) is 16.5 Å². The maximum Gasteiger partial charge on any atom is 0.146 e. The Morgan fingerprint density at radius 3 is 2.00 bits per heavy atom. The minimum Gasteiger partial charge on any atom is -0.384 e. The van der Waals surface area contributed by atoms with E-state index in [1.54, 1.807) is 0 Å². The maximum absolute atomic E-state index is 14.3. The molecule has 4 aliphatic rings. The third-order valence-electron chi connectivity index (χ3n) is 9.79. The molecule has 0 saturated heterocycles. The first-order chi connectivity index (χ1) is 15.4. The number of carbonyl (C=O) groups is 1. The lowest BCUT2D eigenvalue weighted by Gasteiger charge is -2.56. The molecule has 6 atom stereocenters. The summed E-state index contributed by atoms with van der Waals surface area (Å²) in [6, 6.07) is 29.2. The molecule has 7 rings (SSSR count). The summed E-state index contributed by atoms with van der Waals surface area (Å²) in [5, 5.41) is 13.1. The Morgan fingerprint density at radius 1 is 0.781 bits per heavy atom. The SMILES string of the molecule is CC1=C(c2ccccc2)[C@]2(O)[C@]3(C)[C@@H]4C(=O)[C@H]1[C@@]2(C)c1ccccc1[C@@]43c1ccccc1. The van der Waals surface area contributed by atoms with Crippen LogP contribution in [0.1, 0.15) is 43.0 Å². The first-order valence-corrected chi connectivity index (χ1v) is 11.6. The quantitative estimate of drug-likeness (QED) is 0.613. The number of fused-ring (bicyclic) bond motifs is 3. The Labute approximate surface area is 188 Å². The van der Waals surface area contributed by atoms with Gasteiger partial charge >= 0.3 is 0 Å². The van der Waals surface area contributed by atoms with Crippen molar-refractivity contribution in [3.8, 4) is 0 Å². The molecule has 0 aliphatic heterocycles. The van der Waals surface area contributed by atoms with Crippen molar-refractivity contribution in [3.05, 3.63) is 113 Å². The molecule has 2 heteroatoms. The smallest absolute Gasteiger partial charge is 0.146 e. The monoisotopic (exact) mass is 418 g/mol. The summed E-state index contributed by atoms with van der Waals surface area (Å²) < 4.78 is 0. The van der Waals surface area contributed by atoms with E-state index in [1.165, 1.54) is 5.56 Å². The molecule has 0 heterocycles. The Morgan fingerprint density at radius 2 is 1.34 bits per heavy atom. The summed E-state index contributed by atoms with van der Waals surface area (Å²) in [6.45, 7) is 6.39. The summed E-state index contributed by atoms with van der Waals surface area (Å²) in [5.41, 5.74) is 3.60. The van der Waals surface area contributed by atoms with Gasteiger partial charge in [-0.3, -0.25) is 4.79 Å². The molecule has 2 fully saturated rings. The number of hydrogen-bond acceptors (Lipinski definition) is 2. The molecule has 2 saturated carbocycles. The molecular formula is C30H26O2. The molecule has 2 nitrogen and oxygen atoms in total. The molecule has 32 heavy (non-hydrogen) atoms. The topological polar surface area (TPSA) is 37.3 Å². The van der Waals surface area contributed by atoms with E-state index in [0.29, 0.717) is 5.78 Å². The number of Topliss-reactive ketones (excluding diaryl/α,β-unsaturated/α-hetero) is 1. The highest BCUT2D eigenvalue weighted by Gasteiger charge is 2.95. The highest BCUT2D eigenvalue weighted by atomic mass is 16.3. The molecule has 0 aromatic heterocycles. The number of carbonyl (C=O) groups excluding carboxylic acids is 1. The van der Waals surface area contributed by atoms with Crippen molar-refractivity contribution < 1.29 is 9.90 Å². The van der Waals surface area contributed by atoms with Gasteiger partial charge in [-0.15, -0.1) is 0 Å². The molecule has 3 aromatic carbocycles. The Kier molecular flexibility index (Phi) is 3.09. The van der Waals surface area contributed by atoms with Crippen LogP contribution in [-0.2, 0) is 15.6 Å². The zero-order valence-electron chi connectivity index (χ0n) is 18.6. The zero-order chi connectivity index (χ0) is 22.1. The minimum absolute atomic E-state index is 0.236. The van der Waals surface area contributed by atoms with Gasteiger partial charge < -0.3 is 5.11 Å². The molecule has 0 radical (unpaired) electrons. The van der Waals surface area contributed by atoms with E-state index in [0.717, 1.165) is 27.8 Å². The zero-order valence-corrected chi connectivity index (χ0v) is 18.6. The fourth-order valence-electron chi connectivity index (χ4n) is 8.84. The van der Waals surface area contributed by atoms with E-state index >= 15 is 0 Å². The van der Waals surface area contributed by atoms with Gasteiger partial charge in [0, 0.05) is 22.2 Å². The first-order valence-electron chi connectivity index (χ1n) is 11.6. The van der Waals surface area contributed by atoms with Crippen molar-refractivity contribution in [2.45, 2.75) is 37.2 Å². The summed E-state index contributed by atoms with van der Waals surface area (Å²) in [5.74, 6) is -0.251. The predicted molar refractivity (Wildman–Crippen MR) is 125 cm³/mol. The Hall–Kier alpha value is -2.97. The van der Waals surface area contributed by atoms with Crippen molar-refractivity contribution in [1.82, 2.24) is 0 Å². The number of benzene rings is 3. The van der Waals surface area contributed by atoms with Crippen LogP contribution in [0.2, 0.25) is 0 Å². The first kappa shape index (κ1) is 18.6. The van der Waals surface area contributed by atoms with Gasteiger partial charge in [-0.25, -0.2) is 0 Å². The van der Waals surface area contributed by atoms with Gasteiger partial charge in [0.15, 0.2) is 0 Å². The van der Waals surface area contributed by atoms with Crippen LogP contribution in [0.5, 0.6) is 0 Å². The van der Waals surface area contributed by atoms with Crippen molar-refractivity contribution in [2.75, 3.05) is 0 Å². The summed E-state index contributed by atoms with van der Waals surface area (Å²) in [6.07, 6.45) is 0. The minimum atomic E-state index is -1.14. The lowest BCUT2D eigenvalue weighted by atomic mass is 9.49. The largest absolute Gasteiger partial charge is 0.384 e. The van der Waals surface area contributed by atoms with E-state index < -0.39 is 21.8 Å². The average Bonchev–Trinajstić information content (AvgIpc) is 3.39. The van der Waals surface area contributed by atoms with Crippen LogP contribution in [0, 0.1) is 17.3 Å². The van der Waals surface area contributed by atoms with E-state index in [1.807, 2.05) is 24.3 Å². The lowest BCUT2D eigenvalue weighted by Crippen LogP contribution is -2.63. The maximum atomic E-state index is 14.3. The average molecular weight is 419 g/mol. The van der Waals surface area contributed by atoms with E-state index in [-0.39, 0.29) is 11.8 Å². The standard InChI is InChI=1S/C30H26O2/c1-18-23(19-12-6-4-7-13-19)30(32)27(2)21-16-10-11-17-22(21)29(20-14-8-5-9-15-20)26(28(29,30)3)25(31)24(18)27/h4-17,24,26,32H,1-3H3/t24-,26-,27+,28+,29-,30+/m0/s1. The molecular weight excluding hydrogens is 392 g/mol. The summed E-state index contributed by atoms with van der Waals surface area (Å²) in [7, 11) is 0. The second-order valence-corrected chi connectivity index (χ2v) is 10.5. The highest BCUT2D eigenvalue weighted by Crippen LogP contribution is 2.90. The van der Waals surface area contributed by atoms with Gasteiger partial charge in [-0.1, -0.05) is 104 Å². The second-order valence-electron chi connectivity index (χ2n) is 10.5. The van der Waals surface area contributed by atoms with Crippen molar-refractivity contribution >= 4 is 11.4 Å². The van der Waals surface area contributed by atoms with Crippen LogP contribution in [0.3, 0.4) is 0 Å². The molecule has 3 aromatic rings. The fraction of sp³-hybridized carbons (Fsp3) is 0.300. The Bertz CT molecular complexity index is 1360. The van der Waals surface area contributed by atoms with Crippen LogP contribution in [0.15, 0.2) is 90.5 Å². The molecule has 4 aliphatic carbocycles. The number of ketones is 1. The molecule has 0 unspecified atom stereocenters. The predicted octanol–water partition coefficient (Wildman–Crippen LogP) is 5.30. The molecule has 1 N–H and O–H groups in total. The summed E-state index contributed by atoms with van der Waals surface area (Å²) in [4.78, 5) is 14.3. The number of hydrogen-bond donors (Lipinski definition) is 1. The van der Waals surface area contributed by atoms with E-state index in [4.69, 9.17) is 0 Å². The van der Waals surface area contributed by atoms with Crippen LogP contribution in [0.25, 0.3) is 5.57 Å². The molecule has 4 bridgehead atoms. The van der Waals surface area contributed by atoms with Crippen molar-refractivity contribution in [1.29, 1.82) is 0 Å². The van der Waals surface area contributed by atoms with Gasteiger partial charge in [0.25, 0.3) is 0 Å².